The summed E-state index contributed by atoms with van der Waals surface area (Å²) in [5.74, 6) is -10.9. The third-order valence-electron chi connectivity index (χ3n) is 6.62. The van der Waals surface area contributed by atoms with Crippen molar-refractivity contribution in [2.75, 3.05) is 0 Å². The second-order valence-corrected chi connectivity index (χ2v) is 8.90. The average molecular weight is 621 g/mol. The minimum absolute atomic E-state index is 0.339. The Hall–Kier alpha value is -4.23. The molecule has 4 aromatic carbocycles. The Balaban J connectivity index is 2.24. The summed E-state index contributed by atoms with van der Waals surface area (Å²) in [4.78, 5) is 0. The summed E-state index contributed by atoms with van der Waals surface area (Å²) in [5.41, 5.74) is -17.1. The largest absolute Gasteiger partial charge is 0.417 e. The van der Waals surface area contributed by atoms with E-state index in [4.69, 9.17) is 0 Å². The number of hydrogen-bond donors (Lipinski definition) is 0. The molecule has 0 fully saturated rings. The molecule has 0 aromatic heterocycles. The lowest BCUT2D eigenvalue weighted by atomic mass is 9.86. The molecule has 0 amide bonds. The number of halogens is 16. The highest BCUT2D eigenvalue weighted by Crippen LogP contribution is 2.59. The quantitative estimate of drug-likeness (QED) is 0.0731. The lowest BCUT2D eigenvalue weighted by molar-refractivity contribution is -0.162. The van der Waals surface area contributed by atoms with Crippen molar-refractivity contribution < 1.29 is 70.2 Å². The van der Waals surface area contributed by atoms with E-state index in [0.717, 1.165) is 6.07 Å². The van der Waals surface area contributed by atoms with Gasteiger partial charge in [0.15, 0.2) is 23.3 Å². The molecule has 0 atom stereocenters. The number of rotatable bonds is 0. The van der Waals surface area contributed by atoms with Gasteiger partial charge in [0.05, 0.1) is 27.8 Å². The van der Waals surface area contributed by atoms with Gasteiger partial charge in [-0.1, -0.05) is 0 Å². The van der Waals surface area contributed by atoms with Gasteiger partial charge in [-0.05, 0) is 34.9 Å². The summed E-state index contributed by atoms with van der Waals surface area (Å²) in [6.07, 6.45) is -23.9. The van der Waals surface area contributed by atoms with Crippen LogP contribution in [0.2, 0.25) is 0 Å². The lowest BCUT2D eigenvalue weighted by Crippen LogP contribution is -2.18. The van der Waals surface area contributed by atoms with Crippen LogP contribution in [0.15, 0.2) is 18.2 Å². The van der Waals surface area contributed by atoms with Crippen LogP contribution in [0.1, 0.15) is 27.8 Å². The van der Waals surface area contributed by atoms with Gasteiger partial charge < -0.3 is 0 Å². The van der Waals surface area contributed by atoms with Crippen molar-refractivity contribution in [3.8, 4) is 28.3 Å². The Morgan fingerprint density at radius 3 is 1.31 bits per heavy atom. The standard InChI is InChI=1S/C25H3F16N/c26-18-14-8(4-42)12-6-2-10(23(33,34)35)9(22(30,31)32)1-5(6)7-3-11(24(36,37)38)17(25(39,40)41)15(13(7)12)16(14)19(27)21(29)20(18)28/h1-3H. The zero-order chi connectivity index (χ0) is 31.6. The fraction of sp³-hybridized carbons (Fsp3) is 0.160. The monoisotopic (exact) mass is 621 g/mol. The van der Waals surface area contributed by atoms with E-state index in [9.17, 15) is 66.7 Å². The van der Waals surface area contributed by atoms with Crippen LogP contribution in [0.4, 0.5) is 70.2 Å². The topological polar surface area (TPSA) is 23.8 Å². The van der Waals surface area contributed by atoms with Gasteiger partial charge >= 0.3 is 24.7 Å². The van der Waals surface area contributed by atoms with Gasteiger partial charge in [-0.25, -0.2) is 17.6 Å². The molecular weight excluding hydrogens is 618 g/mol. The molecule has 0 heterocycles. The summed E-state index contributed by atoms with van der Waals surface area (Å²) in [6.45, 7) is 0. The van der Waals surface area contributed by atoms with Crippen molar-refractivity contribution in [1.82, 2.24) is 0 Å². The highest BCUT2D eigenvalue weighted by Gasteiger charge is 2.49. The molecule has 4 aromatic rings. The van der Waals surface area contributed by atoms with E-state index < -0.39 is 120 Å². The Labute approximate surface area is 220 Å². The zero-order valence-electron chi connectivity index (χ0n) is 19.2. The molecule has 220 valence electrons. The van der Waals surface area contributed by atoms with Crippen LogP contribution in [-0.2, 0) is 24.7 Å². The van der Waals surface area contributed by atoms with Crippen molar-refractivity contribution in [2.45, 2.75) is 24.7 Å². The highest BCUT2D eigenvalue weighted by atomic mass is 19.4. The van der Waals surface area contributed by atoms with Crippen LogP contribution in [0, 0.1) is 34.6 Å². The van der Waals surface area contributed by atoms with Gasteiger partial charge in [0.25, 0.3) is 0 Å². The molecule has 0 saturated carbocycles. The average Bonchev–Trinajstić information content (AvgIpc) is 3.17. The van der Waals surface area contributed by atoms with Crippen molar-refractivity contribution >= 4 is 21.5 Å². The molecule has 42 heavy (non-hydrogen) atoms. The molecule has 0 saturated heterocycles. The number of nitrogens with zero attached hydrogens (tertiary/aromatic N) is 1. The van der Waals surface area contributed by atoms with Crippen LogP contribution in [-0.4, -0.2) is 0 Å². The van der Waals surface area contributed by atoms with Gasteiger partial charge in [-0.3, -0.25) is 0 Å². The first kappa shape index (κ1) is 29.3. The number of nitriles is 1. The minimum atomic E-state index is -6.17. The lowest BCUT2D eigenvalue weighted by Gasteiger charge is -2.22. The van der Waals surface area contributed by atoms with Gasteiger partial charge in [0, 0.05) is 27.1 Å². The van der Waals surface area contributed by atoms with Crippen LogP contribution in [0.3, 0.4) is 0 Å². The van der Waals surface area contributed by atoms with Crippen LogP contribution in [0.25, 0.3) is 43.8 Å². The second kappa shape index (κ2) is 8.42. The third kappa shape index (κ3) is 3.87. The highest BCUT2D eigenvalue weighted by molar-refractivity contribution is 6.27. The number of hydrogen-bond acceptors (Lipinski definition) is 1. The van der Waals surface area contributed by atoms with Gasteiger partial charge in [0.2, 0.25) is 0 Å². The van der Waals surface area contributed by atoms with Crippen molar-refractivity contribution in [3.63, 3.8) is 0 Å². The normalized spacial score (nSPS) is 13.7. The van der Waals surface area contributed by atoms with E-state index in [-0.39, 0.29) is 18.2 Å². The molecule has 17 heteroatoms. The van der Waals surface area contributed by atoms with Gasteiger partial charge in [0.1, 0.15) is 6.07 Å². The summed E-state index contributed by atoms with van der Waals surface area (Å²) >= 11 is 0. The van der Waals surface area contributed by atoms with Crippen LogP contribution >= 0.6 is 0 Å². The fourth-order valence-corrected chi connectivity index (χ4v) is 5.15. The van der Waals surface area contributed by atoms with Gasteiger partial charge in [-0.2, -0.15) is 57.9 Å². The molecule has 0 unspecified atom stereocenters. The summed E-state index contributed by atoms with van der Waals surface area (Å²) in [5, 5.41) is 2.34. The summed E-state index contributed by atoms with van der Waals surface area (Å²) in [7, 11) is 0. The molecule has 0 aliphatic heterocycles. The predicted octanol–water partition coefficient (Wildman–Crippen LogP) is 10.1. The van der Waals surface area contributed by atoms with E-state index in [2.05, 4.69) is 0 Å². The first-order chi connectivity index (χ1) is 19.0. The number of alkyl halides is 12. The molecule has 5 rings (SSSR count). The predicted molar refractivity (Wildman–Crippen MR) is 110 cm³/mol. The summed E-state index contributed by atoms with van der Waals surface area (Å²) < 4.78 is 225. The van der Waals surface area contributed by atoms with Gasteiger partial charge in [-0.15, -0.1) is 0 Å². The van der Waals surface area contributed by atoms with Crippen molar-refractivity contribution in [1.29, 1.82) is 5.26 Å². The molecule has 1 aliphatic rings. The first-order valence-electron chi connectivity index (χ1n) is 10.7. The molecule has 0 N–H and O–H groups in total. The maximum Gasteiger partial charge on any atom is 0.417 e. The first-order valence-corrected chi connectivity index (χ1v) is 10.7. The van der Waals surface area contributed by atoms with E-state index in [0.29, 0.717) is 0 Å². The maximum absolute atomic E-state index is 15.1. The smallest absolute Gasteiger partial charge is 0.203 e. The Kier molecular flexibility index (Phi) is 5.86. The number of fused-ring (bicyclic) bond motifs is 5. The molecule has 1 aliphatic carbocycles. The minimum Gasteiger partial charge on any atom is -0.203 e. The molecule has 0 radical (unpaired) electrons. The molecular formula is C25H3F16N. The maximum atomic E-state index is 15.1. The van der Waals surface area contributed by atoms with E-state index in [1.54, 1.807) is 0 Å². The van der Waals surface area contributed by atoms with Crippen LogP contribution < -0.4 is 0 Å². The molecule has 1 nitrogen and oxygen atoms in total. The fourth-order valence-electron chi connectivity index (χ4n) is 5.15. The van der Waals surface area contributed by atoms with E-state index >= 15 is 8.78 Å². The molecule has 0 spiro atoms. The Morgan fingerprint density at radius 2 is 0.881 bits per heavy atom. The van der Waals surface area contributed by atoms with Crippen molar-refractivity contribution in [2.24, 2.45) is 0 Å². The Bertz CT molecular complexity index is 1910. The van der Waals surface area contributed by atoms with E-state index in [1.807, 2.05) is 0 Å². The second-order valence-electron chi connectivity index (χ2n) is 8.90. The summed E-state index contributed by atoms with van der Waals surface area (Å²) in [6, 6.07) is 0.00789. The van der Waals surface area contributed by atoms with E-state index in [1.165, 1.54) is 0 Å². The molecule has 0 bridgehead atoms. The number of benzene rings is 4. The van der Waals surface area contributed by atoms with Crippen molar-refractivity contribution in [3.05, 3.63) is 69.3 Å². The third-order valence-corrected chi connectivity index (χ3v) is 6.62. The Morgan fingerprint density at radius 1 is 0.452 bits per heavy atom. The zero-order valence-corrected chi connectivity index (χ0v) is 19.2. The van der Waals surface area contributed by atoms with Crippen LogP contribution in [0.5, 0.6) is 0 Å². The SMILES string of the molecule is N#Cc1c2c3c(cc(C(F)(F)F)c(C(F)(F)F)c3c3c(F)c(F)c(F)c(F)c13)-c1cc(C(F)(F)F)c(C(F)(F)F)cc1-2.